The average molecular weight is 428 g/mol. The van der Waals surface area contributed by atoms with Gasteiger partial charge in [0.25, 0.3) is 0 Å². The number of hydrogen-bond donors (Lipinski definition) is 7. The summed E-state index contributed by atoms with van der Waals surface area (Å²) in [4.78, 5) is 23.8. The topological polar surface area (TPSA) is 185 Å². The molecule has 1 saturated heterocycles. The molecule has 7 N–H and O–H groups in total. The predicted molar refractivity (Wildman–Crippen MR) is 101 cm³/mol. The maximum absolute atomic E-state index is 12.3. The minimum atomic E-state index is -1.94. The number of rotatable bonds is 10. The van der Waals surface area contributed by atoms with Crippen LogP contribution in [0.1, 0.15) is 18.4 Å². The summed E-state index contributed by atoms with van der Waals surface area (Å²) < 4.78 is 5.24. The number of benzene rings is 1. The van der Waals surface area contributed by atoms with E-state index in [9.17, 15) is 45.3 Å². The van der Waals surface area contributed by atoms with E-state index in [-0.39, 0.29) is 6.42 Å². The van der Waals surface area contributed by atoms with Gasteiger partial charge >= 0.3 is 5.97 Å². The summed E-state index contributed by atoms with van der Waals surface area (Å²) >= 11 is 0. The SMILES string of the molecule is O=C(C[C@@H](Cc1ccccc1)C(=O)O)C(O)C(O)CC1O[C@H](CO)C(O)C(O)[C@@H]1O. The molecule has 0 aromatic heterocycles. The molecule has 1 fully saturated rings. The van der Waals surface area contributed by atoms with Crippen LogP contribution in [0.25, 0.3) is 0 Å². The lowest BCUT2D eigenvalue weighted by atomic mass is 9.88. The van der Waals surface area contributed by atoms with Crippen LogP contribution in [0, 0.1) is 5.92 Å². The Balaban J connectivity index is 1.97. The first-order chi connectivity index (χ1) is 14.1. The summed E-state index contributed by atoms with van der Waals surface area (Å²) in [6.45, 7) is -0.654. The van der Waals surface area contributed by atoms with Gasteiger partial charge in [-0.15, -0.1) is 0 Å². The van der Waals surface area contributed by atoms with Crippen LogP contribution >= 0.6 is 0 Å². The van der Waals surface area contributed by atoms with E-state index in [4.69, 9.17) is 4.74 Å². The number of aliphatic carboxylic acids is 1. The van der Waals surface area contributed by atoms with Crippen LogP contribution in [0.4, 0.5) is 0 Å². The zero-order chi connectivity index (χ0) is 22.4. The average Bonchev–Trinajstić information content (AvgIpc) is 2.73. The van der Waals surface area contributed by atoms with Gasteiger partial charge in [0.05, 0.1) is 24.7 Å². The fourth-order valence-electron chi connectivity index (χ4n) is 3.46. The minimum Gasteiger partial charge on any atom is -0.481 e. The number of ketones is 1. The maximum Gasteiger partial charge on any atom is 0.307 e. The van der Waals surface area contributed by atoms with Crippen molar-refractivity contribution in [1.82, 2.24) is 0 Å². The van der Waals surface area contributed by atoms with E-state index < -0.39 is 79.8 Å². The van der Waals surface area contributed by atoms with Gasteiger partial charge in [0, 0.05) is 12.8 Å². The first kappa shape index (κ1) is 24.4. The van der Waals surface area contributed by atoms with E-state index in [2.05, 4.69) is 0 Å². The Hall–Kier alpha value is -1.92. The zero-order valence-corrected chi connectivity index (χ0v) is 16.2. The van der Waals surface area contributed by atoms with Gasteiger partial charge in [0.1, 0.15) is 30.5 Å². The third kappa shape index (κ3) is 6.05. The number of carboxylic acid groups (broad SMARTS) is 1. The lowest BCUT2D eigenvalue weighted by Gasteiger charge is -2.41. The predicted octanol–water partition coefficient (Wildman–Crippen LogP) is -2.16. The quantitative estimate of drug-likeness (QED) is 0.217. The molecule has 0 bridgehead atoms. The van der Waals surface area contributed by atoms with Crippen LogP contribution in [0.15, 0.2) is 30.3 Å². The van der Waals surface area contributed by atoms with Gasteiger partial charge < -0.3 is 40.5 Å². The lowest BCUT2D eigenvalue weighted by molar-refractivity contribution is -0.236. The van der Waals surface area contributed by atoms with Crippen LogP contribution in [0.5, 0.6) is 0 Å². The Morgan fingerprint density at radius 3 is 2.13 bits per heavy atom. The number of aliphatic hydroxyl groups excluding tert-OH is 6. The van der Waals surface area contributed by atoms with E-state index in [0.29, 0.717) is 5.56 Å². The molecule has 1 aliphatic heterocycles. The zero-order valence-electron chi connectivity index (χ0n) is 16.2. The fourth-order valence-corrected chi connectivity index (χ4v) is 3.46. The van der Waals surface area contributed by atoms with Crippen molar-refractivity contribution < 1.29 is 50.1 Å². The molecule has 0 saturated carbocycles. The highest BCUT2D eigenvalue weighted by Crippen LogP contribution is 2.25. The van der Waals surface area contributed by atoms with Gasteiger partial charge in [-0.05, 0) is 12.0 Å². The van der Waals surface area contributed by atoms with E-state index in [1.807, 2.05) is 0 Å². The maximum atomic E-state index is 12.3. The monoisotopic (exact) mass is 428 g/mol. The van der Waals surface area contributed by atoms with Gasteiger partial charge in [-0.2, -0.15) is 0 Å². The third-order valence-corrected chi connectivity index (χ3v) is 5.28. The van der Waals surface area contributed by atoms with E-state index in [1.54, 1.807) is 30.3 Å². The molecule has 8 atom stereocenters. The molecule has 1 aromatic carbocycles. The van der Waals surface area contributed by atoms with Crippen LogP contribution in [0.3, 0.4) is 0 Å². The number of ether oxygens (including phenoxy) is 1. The van der Waals surface area contributed by atoms with Crippen molar-refractivity contribution in [2.24, 2.45) is 5.92 Å². The van der Waals surface area contributed by atoms with E-state index in [1.165, 1.54) is 0 Å². The second-order valence-corrected chi connectivity index (χ2v) is 7.51. The highest BCUT2D eigenvalue weighted by Gasteiger charge is 2.44. The number of hydrogen-bond acceptors (Lipinski definition) is 9. The van der Waals surface area contributed by atoms with Gasteiger partial charge in [0.2, 0.25) is 0 Å². The summed E-state index contributed by atoms with van der Waals surface area (Å²) in [5.41, 5.74) is 0.703. The molecule has 1 heterocycles. The molecule has 1 aromatic rings. The molecular weight excluding hydrogens is 400 g/mol. The Bertz CT molecular complexity index is 694. The number of carbonyl (C=O) groups excluding carboxylic acids is 1. The standard InChI is InChI=1S/C20H28O10/c21-9-15-18(26)19(27)17(25)14(30-15)8-13(23)16(24)12(22)7-11(20(28)29)6-10-4-2-1-3-5-10/h1-5,11,13-19,21,23-27H,6-9H2,(H,28,29)/t11-,13?,14?,15-,16?,17-,18?,19?/m1/s1. The number of carboxylic acids is 1. The Kier molecular flexibility index (Phi) is 8.86. The van der Waals surface area contributed by atoms with Crippen LogP contribution in [0.2, 0.25) is 0 Å². The summed E-state index contributed by atoms with van der Waals surface area (Å²) in [7, 11) is 0. The van der Waals surface area contributed by atoms with Crippen molar-refractivity contribution >= 4 is 11.8 Å². The molecule has 10 nitrogen and oxygen atoms in total. The Morgan fingerprint density at radius 2 is 1.57 bits per heavy atom. The number of carbonyl (C=O) groups is 2. The molecule has 2 rings (SSSR count). The van der Waals surface area contributed by atoms with Crippen LogP contribution in [-0.4, -0.2) is 96.8 Å². The molecule has 30 heavy (non-hydrogen) atoms. The largest absolute Gasteiger partial charge is 0.481 e. The molecule has 168 valence electrons. The van der Waals surface area contributed by atoms with Crippen molar-refractivity contribution in [3.63, 3.8) is 0 Å². The van der Waals surface area contributed by atoms with E-state index >= 15 is 0 Å². The van der Waals surface area contributed by atoms with Crippen molar-refractivity contribution in [3.05, 3.63) is 35.9 Å². The number of aliphatic hydroxyl groups is 6. The first-order valence-electron chi connectivity index (χ1n) is 9.61. The molecule has 0 spiro atoms. The molecular formula is C20H28O10. The first-order valence-corrected chi connectivity index (χ1v) is 9.61. The molecule has 10 heteroatoms. The highest BCUT2D eigenvalue weighted by molar-refractivity contribution is 5.87. The fraction of sp³-hybridized carbons (Fsp3) is 0.600. The highest BCUT2D eigenvalue weighted by atomic mass is 16.5. The second kappa shape index (κ2) is 10.9. The molecule has 0 aliphatic carbocycles. The second-order valence-electron chi connectivity index (χ2n) is 7.51. The Labute approximate surface area is 173 Å². The van der Waals surface area contributed by atoms with Crippen LogP contribution in [-0.2, 0) is 20.7 Å². The summed E-state index contributed by atoms with van der Waals surface area (Å²) in [6.07, 6.45) is -11.9. The minimum absolute atomic E-state index is 0.0669. The van der Waals surface area contributed by atoms with Crippen molar-refractivity contribution in [2.45, 2.75) is 62.0 Å². The van der Waals surface area contributed by atoms with Crippen molar-refractivity contribution in [1.29, 1.82) is 0 Å². The molecule has 5 unspecified atom stereocenters. The summed E-state index contributed by atoms with van der Waals surface area (Å²) in [6, 6.07) is 8.66. The lowest BCUT2D eigenvalue weighted by Crippen LogP contribution is -2.59. The Morgan fingerprint density at radius 1 is 0.967 bits per heavy atom. The molecule has 0 radical (unpaired) electrons. The normalized spacial score (nSPS) is 29.7. The molecule has 0 amide bonds. The smallest absolute Gasteiger partial charge is 0.307 e. The summed E-state index contributed by atoms with van der Waals surface area (Å²) in [5.74, 6) is -3.22. The van der Waals surface area contributed by atoms with Gasteiger partial charge in [-0.3, -0.25) is 9.59 Å². The van der Waals surface area contributed by atoms with Gasteiger partial charge in [-0.1, -0.05) is 30.3 Å². The van der Waals surface area contributed by atoms with Crippen molar-refractivity contribution in [3.8, 4) is 0 Å². The van der Waals surface area contributed by atoms with Crippen LogP contribution < -0.4 is 0 Å². The van der Waals surface area contributed by atoms with E-state index in [0.717, 1.165) is 0 Å². The van der Waals surface area contributed by atoms with Gasteiger partial charge in [-0.25, -0.2) is 0 Å². The third-order valence-electron chi connectivity index (χ3n) is 5.28. The number of Topliss-reactive ketones (excluding diaryl/α,β-unsaturated/α-hetero) is 1. The summed E-state index contributed by atoms with van der Waals surface area (Å²) in [5, 5.41) is 68.5. The molecule has 1 aliphatic rings. The van der Waals surface area contributed by atoms with Gasteiger partial charge in [0.15, 0.2) is 5.78 Å². The van der Waals surface area contributed by atoms with Crippen molar-refractivity contribution in [2.75, 3.05) is 6.61 Å².